The molecule has 1 fully saturated rings. The second-order valence-electron chi connectivity index (χ2n) is 6.38. The fourth-order valence-electron chi connectivity index (χ4n) is 3.34. The van der Waals surface area contributed by atoms with Gasteiger partial charge in [0.2, 0.25) is 5.91 Å². The van der Waals surface area contributed by atoms with Gasteiger partial charge in [-0.1, -0.05) is 38.3 Å². The molecule has 1 aromatic rings. The molecule has 0 saturated heterocycles. The summed E-state index contributed by atoms with van der Waals surface area (Å²) in [4.78, 5) is 24.1. The lowest BCUT2D eigenvalue weighted by atomic mass is 9.74. The van der Waals surface area contributed by atoms with Crippen molar-refractivity contribution in [3.63, 3.8) is 0 Å². The van der Waals surface area contributed by atoms with Crippen LogP contribution in [0.5, 0.6) is 0 Å². The van der Waals surface area contributed by atoms with E-state index in [0.29, 0.717) is 19.3 Å². The Balaban J connectivity index is 2.04. The zero-order chi connectivity index (χ0) is 16.9. The van der Waals surface area contributed by atoms with Gasteiger partial charge < -0.3 is 10.4 Å². The maximum atomic E-state index is 13.0. The molecule has 1 atom stereocenters. The minimum Gasteiger partial charge on any atom is -0.481 e. The van der Waals surface area contributed by atoms with Gasteiger partial charge in [0.05, 0.1) is 11.3 Å². The van der Waals surface area contributed by atoms with Crippen LogP contribution >= 0.6 is 0 Å². The highest BCUT2D eigenvalue weighted by Crippen LogP contribution is 2.36. The minimum absolute atomic E-state index is 0.166. The van der Waals surface area contributed by atoms with Crippen LogP contribution in [0.3, 0.4) is 0 Å². The van der Waals surface area contributed by atoms with Gasteiger partial charge in [-0.15, -0.1) is 0 Å². The summed E-state index contributed by atoms with van der Waals surface area (Å²) in [7, 11) is 0. The number of hydrogen-bond acceptors (Lipinski definition) is 2. The molecule has 1 aromatic carbocycles. The Bertz CT molecular complexity index is 550. The molecule has 1 unspecified atom stereocenters. The summed E-state index contributed by atoms with van der Waals surface area (Å²) in [6, 6.07) is 5.89. The van der Waals surface area contributed by atoms with Crippen LogP contribution in [0.4, 0.5) is 4.39 Å². The van der Waals surface area contributed by atoms with Crippen LogP contribution in [0, 0.1) is 11.2 Å². The summed E-state index contributed by atoms with van der Waals surface area (Å²) in [5, 5.41) is 12.4. The van der Waals surface area contributed by atoms with E-state index in [1.54, 1.807) is 12.1 Å². The van der Waals surface area contributed by atoms with Gasteiger partial charge in [-0.05, 0) is 37.0 Å². The van der Waals surface area contributed by atoms with Gasteiger partial charge in [0.1, 0.15) is 5.82 Å². The number of carboxylic acid groups (broad SMARTS) is 1. The fourth-order valence-corrected chi connectivity index (χ4v) is 3.34. The lowest BCUT2D eigenvalue weighted by molar-refractivity contribution is -0.151. The van der Waals surface area contributed by atoms with Crippen LogP contribution in [0.1, 0.15) is 56.9 Å². The number of aliphatic carboxylic acids is 1. The molecule has 2 rings (SSSR count). The Labute approximate surface area is 136 Å². The van der Waals surface area contributed by atoms with Crippen LogP contribution in [0.25, 0.3) is 0 Å². The topological polar surface area (TPSA) is 66.4 Å². The summed E-state index contributed by atoms with van der Waals surface area (Å²) in [5.41, 5.74) is -0.0888. The molecular weight excluding hydrogens is 297 g/mol. The second-order valence-corrected chi connectivity index (χ2v) is 6.38. The number of amides is 1. The van der Waals surface area contributed by atoms with E-state index in [4.69, 9.17) is 0 Å². The molecule has 0 radical (unpaired) electrons. The van der Waals surface area contributed by atoms with Gasteiger partial charge in [-0.25, -0.2) is 4.39 Å². The van der Waals surface area contributed by atoms with Gasteiger partial charge in [0.15, 0.2) is 0 Å². The Morgan fingerprint density at radius 2 is 1.83 bits per heavy atom. The Morgan fingerprint density at radius 1 is 1.22 bits per heavy atom. The number of carboxylic acids is 1. The van der Waals surface area contributed by atoms with E-state index in [1.807, 2.05) is 6.92 Å². The first kappa shape index (κ1) is 17.4. The summed E-state index contributed by atoms with van der Waals surface area (Å²) >= 11 is 0. The lowest BCUT2D eigenvalue weighted by Crippen LogP contribution is -2.45. The molecular formula is C18H24FNO3. The zero-order valence-electron chi connectivity index (χ0n) is 13.5. The zero-order valence-corrected chi connectivity index (χ0v) is 13.5. The number of carbonyl (C=O) groups is 2. The Hall–Kier alpha value is -1.91. The van der Waals surface area contributed by atoms with E-state index in [2.05, 4.69) is 5.32 Å². The van der Waals surface area contributed by atoms with Gasteiger partial charge >= 0.3 is 5.97 Å². The molecule has 1 aliphatic rings. The summed E-state index contributed by atoms with van der Waals surface area (Å²) in [6.07, 6.45) is 4.62. The number of benzene rings is 1. The molecule has 1 saturated carbocycles. The molecule has 0 spiro atoms. The summed E-state index contributed by atoms with van der Waals surface area (Å²) in [5.74, 6) is -1.74. The summed E-state index contributed by atoms with van der Waals surface area (Å²) < 4.78 is 13.0. The van der Waals surface area contributed by atoms with E-state index >= 15 is 0 Å². The smallest absolute Gasteiger partial charge is 0.311 e. The van der Waals surface area contributed by atoms with Crippen LogP contribution in [-0.2, 0) is 9.59 Å². The van der Waals surface area contributed by atoms with E-state index in [1.165, 1.54) is 12.1 Å². The Morgan fingerprint density at radius 3 is 2.35 bits per heavy atom. The predicted molar refractivity (Wildman–Crippen MR) is 85.6 cm³/mol. The van der Waals surface area contributed by atoms with Crippen molar-refractivity contribution in [3.8, 4) is 0 Å². The maximum Gasteiger partial charge on any atom is 0.311 e. The van der Waals surface area contributed by atoms with Crippen molar-refractivity contribution in [3.05, 3.63) is 35.6 Å². The molecule has 4 nitrogen and oxygen atoms in total. The molecule has 126 valence electrons. The number of rotatable bonds is 6. The average Bonchev–Trinajstić information content (AvgIpc) is 2.56. The largest absolute Gasteiger partial charge is 0.481 e. The lowest BCUT2D eigenvalue weighted by Gasteiger charge is -2.33. The third-order valence-corrected chi connectivity index (χ3v) is 4.86. The number of hydrogen-bond donors (Lipinski definition) is 2. The molecule has 0 aliphatic heterocycles. The van der Waals surface area contributed by atoms with Crippen molar-refractivity contribution in [2.75, 3.05) is 6.54 Å². The van der Waals surface area contributed by atoms with Crippen molar-refractivity contribution < 1.29 is 19.1 Å². The standard InChI is InChI=1S/C18H24FNO3/c1-2-15(13-6-8-14(19)9-7-13)16(21)20-12-18(17(22)23)10-4-3-5-11-18/h6-9,15H,2-5,10-12H2,1H3,(H,20,21)(H,22,23). The van der Waals surface area contributed by atoms with Crippen LogP contribution < -0.4 is 5.32 Å². The van der Waals surface area contributed by atoms with E-state index in [0.717, 1.165) is 24.8 Å². The SMILES string of the molecule is CCC(C(=O)NCC1(C(=O)O)CCCCC1)c1ccc(F)cc1. The van der Waals surface area contributed by atoms with Crippen LogP contribution in [-0.4, -0.2) is 23.5 Å². The van der Waals surface area contributed by atoms with Crippen LogP contribution in [0.15, 0.2) is 24.3 Å². The van der Waals surface area contributed by atoms with Gasteiger partial charge in [-0.3, -0.25) is 9.59 Å². The first-order chi connectivity index (χ1) is 11.0. The first-order valence-corrected chi connectivity index (χ1v) is 8.25. The van der Waals surface area contributed by atoms with Crippen molar-refractivity contribution in [1.29, 1.82) is 0 Å². The number of halogens is 1. The maximum absolute atomic E-state index is 13.0. The number of nitrogens with one attached hydrogen (secondary N) is 1. The van der Waals surface area contributed by atoms with E-state index < -0.39 is 11.4 Å². The monoisotopic (exact) mass is 321 g/mol. The molecule has 23 heavy (non-hydrogen) atoms. The van der Waals surface area contributed by atoms with Crippen molar-refractivity contribution in [2.45, 2.75) is 51.4 Å². The average molecular weight is 321 g/mol. The molecule has 1 aliphatic carbocycles. The van der Waals surface area contributed by atoms with Gasteiger partial charge in [-0.2, -0.15) is 0 Å². The second kappa shape index (κ2) is 7.57. The number of carbonyl (C=O) groups excluding carboxylic acids is 1. The molecule has 5 heteroatoms. The third kappa shape index (κ3) is 4.09. The molecule has 1 amide bonds. The van der Waals surface area contributed by atoms with Crippen LogP contribution in [0.2, 0.25) is 0 Å². The third-order valence-electron chi connectivity index (χ3n) is 4.86. The highest BCUT2D eigenvalue weighted by molar-refractivity contribution is 5.84. The van der Waals surface area contributed by atoms with E-state index in [9.17, 15) is 19.1 Å². The van der Waals surface area contributed by atoms with Crippen molar-refractivity contribution in [2.24, 2.45) is 5.41 Å². The quantitative estimate of drug-likeness (QED) is 0.843. The van der Waals surface area contributed by atoms with E-state index in [-0.39, 0.29) is 24.2 Å². The van der Waals surface area contributed by atoms with Crippen molar-refractivity contribution in [1.82, 2.24) is 5.32 Å². The summed E-state index contributed by atoms with van der Waals surface area (Å²) in [6.45, 7) is 2.06. The normalized spacial score (nSPS) is 18.2. The van der Waals surface area contributed by atoms with Gasteiger partial charge in [0, 0.05) is 6.54 Å². The molecule has 0 aromatic heterocycles. The first-order valence-electron chi connectivity index (χ1n) is 8.25. The fraction of sp³-hybridized carbons (Fsp3) is 0.556. The molecule has 0 heterocycles. The highest BCUT2D eigenvalue weighted by Gasteiger charge is 2.40. The highest BCUT2D eigenvalue weighted by atomic mass is 19.1. The Kier molecular flexibility index (Phi) is 5.74. The van der Waals surface area contributed by atoms with Crippen molar-refractivity contribution >= 4 is 11.9 Å². The predicted octanol–water partition coefficient (Wildman–Crippen LogP) is 3.47. The molecule has 0 bridgehead atoms. The molecule has 2 N–H and O–H groups in total. The minimum atomic E-state index is -0.838. The van der Waals surface area contributed by atoms with Gasteiger partial charge in [0.25, 0.3) is 0 Å².